The van der Waals surface area contributed by atoms with Gasteiger partial charge in [0.1, 0.15) is 5.65 Å². The molecule has 0 aliphatic heterocycles. The molecule has 23 heavy (non-hydrogen) atoms. The number of thiazole rings is 1. The van der Waals surface area contributed by atoms with Gasteiger partial charge in [-0.3, -0.25) is 0 Å². The van der Waals surface area contributed by atoms with Crippen LogP contribution in [0.1, 0.15) is 10.7 Å². The second-order valence-corrected chi connectivity index (χ2v) is 6.00. The van der Waals surface area contributed by atoms with Crippen molar-refractivity contribution in [2.45, 2.75) is 6.42 Å². The van der Waals surface area contributed by atoms with Crippen molar-refractivity contribution in [3.05, 3.63) is 65.0 Å². The van der Waals surface area contributed by atoms with Crippen LogP contribution in [-0.4, -0.2) is 26.5 Å². The Morgan fingerprint density at radius 3 is 3.00 bits per heavy atom. The summed E-state index contributed by atoms with van der Waals surface area (Å²) >= 11 is 1.62. The molecule has 0 saturated heterocycles. The van der Waals surface area contributed by atoms with Crippen molar-refractivity contribution in [3.63, 3.8) is 0 Å². The summed E-state index contributed by atoms with van der Waals surface area (Å²) in [5.41, 5.74) is 3.76. The molecule has 4 aromatic heterocycles. The summed E-state index contributed by atoms with van der Waals surface area (Å²) in [6.07, 6.45) is 6.47. The molecule has 4 heterocycles. The highest BCUT2D eigenvalue weighted by Crippen LogP contribution is 2.29. The highest BCUT2D eigenvalue weighted by atomic mass is 32.1. The maximum Gasteiger partial charge on any atom is 0.222 e. The zero-order chi connectivity index (χ0) is 15.6. The molecule has 4 rings (SSSR count). The number of rotatable bonds is 4. The van der Waals surface area contributed by atoms with Gasteiger partial charge in [0.05, 0.1) is 29.1 Å². The number of hydrogen-bond acceptors (Lipinski definition) is 5. The summed E-state index contributed by atoms with van der Waals surface area (Å²) in [4.78, 5) is 13.5. The number of nitrogens with zero attached hydrogens (tertiary/aromatic N) is 4. The van der Waals surface area contributed by atoms with Crippen molar-refractivity contribution in [2.24, 2.45) is 0 Å². The Kier molecular flexibility index (Phi) is 3.51. The lowest BCUT2D eigenvalue weighted by Crippen LogP contribution is -1.92. The molecule has 0 aromatic carbocycles. The van der Waals surface area contributed by atoms with E-state index in [1.54, 1.807) is 24.6 Å². The molecule has 4 aromatic rings. The average Bonchev–Trinajstić information content (AvgIpc) is 3.21. The molecular formula is C17H14N4OS. The zero-order valence-electron chi connectivity index (χ0n) is 12.5. The molecule has 6 heteroatoms. The Morgan fingerprint density at radius 1 is 1.17 bits per heavy atom. The van der Waals surface area contributed by atoms with E-state index in [1.165, 1.54) is 0 Å². The summed E-state index contributed by atoms with van der Waals surface area (Å²) in [6, 6.07) is 9.84. The predicted molar refractivity (Wildman–Crippen MR) is 89.9 cm³/mol. The molecule has 0 fully saturated rings. The van der Waals surface area contributed by atoms with E-state index in [4.69, 9.17) is 9.72 Å². The van der Waals surface area contributed by atoms with Crippen molar-refractivity contribution in [2.75, 3.05) is 7.11 Å². The van der Waals surface area contributed by atoms with Gasteiger partial charge in [-0.05, 0) is 24.3 Å². The van der Waals surface area contributed by atoms with Crippen LogP contribution in [0.5, 0.6) is 5.88 Å². The second kappa shape index (κ2) is 5.81. The van der Waals surface area contributed by atoms with Crippen LogP contribution in [0.15, 0.2) is 54.3 Å². The fourth-order valence-corrected chi connectivity index (χ4v) is 3.30. The van der Waals surface area contributed by atoms with Gasteiger partial charge in [-0.25, -0.2) is 15.0 Å². The monoisotopic (exact) mass is 322 g/mol. The molecule has 0 spiro atoms. The van der Waals surface area contributed by atoms with Gasteiger partial charge in [-0.15, -0.1) is 11.3 Å². The minimum Gasteiger partial charge on any atom is -0.481 e. The van der Waals surface area contributed by atoms with E-state index >= 15 is 0 Å². The van der Waals surface area contributed by atoms with Crippen LogP contribution in [0, 0.1) is 0 Å². The molecule has 0 atom stereocenters. The molecule has 0 aliphatic carbocycles. The summed E-state index contributed by atoms with van der Waals surface area (Å²) < 4.78 is 7.33. The van der Waals surface area contributed by atoms with Crippen molar-refractivity contribution in [1.29, 1.82) is 0 Å². The van der Waals surface area contributed by atoms with Crippen LogP contribution in [-0.2, 0) is 6.42 Å². The Hall–Kier alpha value is -2.73. The first kappa shape index (κ1) is 13.9. The molecule has 0 radical (unpaired) electrons. The first-order valence-corrected chi connectivity index (χ1v) is 8.08. The van der Waals surface area contributed by atoms with E-state index in [0.29, 0.717) is 5.88 Å². The number of pyridine rings is 2. The molecular weight excluding hydrogens is 308 g/mol. The Balaban J connectivity index is 1.63. The minimum atomic E-state index is 0.595. The fraction of sp³-hybridized carbons (Fsp3) is 0.118. The minimum absolute atomic E-state index is 0.595. The topological polar surface area (TPSA) is 52.3 Å². The van der Waals surface area contributed by atoms with Crippen LogP contribution < -0.4 is 4.74 Å². The van der Waals surface area contributed by atoms with E-state index in [9.17, 15) is 0 Å². The Morgan fingerprint density at radius 2 is 2.13 bits per heavy atom. The molecule has 0 aliphatic rings. The highest BCUT2D eigenvalue weighted by molar-refractivity contribution is 7.10. The summed E-state index contributed by atoms with van der Waals surface area (Å²) in [6.45, 7) is 0. The fourth-order valence-electron chi connectivity index (χ4n) is 2.49. The maximum atomic E-state index is 5.31. The van der Waals surface area contributed by atoms with Gasteiger partial charge >= 0.3 is 0 Å². The van der Waals surface area contributed by atoms with Gasteiger partial charge in [0, 0.05) is 30.4 Å². The molecule has 0 saturated carbocycles. The Labute approximate surface area is 137 Å². The first-order valence-electron chi connectivity index (χ1n) is 7.20. The molecule has 114 valence electrons. The van der Waals surface area contributed by atoms with Gasteiger partial charge in [0.15, 0.2) is 0 Å². The first-order chi connectivity index (χ1) is 11.3. The van der Waals surface area contributed by atoms with Gasteiger partial charge in [-0.1, -0.05) is 6.07 Å². The number of hydrogen-bond donors (Lipinski definition) is 0. The van der Waals surface area contributed by atoms with Crippen LogP contribution in [0.2, 0.25) is 0 Å². The molecule has 0 N–H and O–H groups in total. The van der Waals surface area contributed by atoms with Gasteiger partial charge < -0.3 is 9.14 Å². The third-order valence-corrected chi connectivity index (χ3v) is 4.39. The Bertz CT molecular complexity index is 927. The van der Waals surface area contributed by atoms with E-state index < -0.39 is 0 Å². The average molecular weight is 322 g/mol. The summed E-state index contributed by atoms with van der Waals surface area (Å²) in [5, 5.41) is 3.05. The zero-order valence-corrected chi connectivity index (χ0v) is 13.3. The van der Waals surface area contributed by atoms with Crippen LogP contribution in [0.3, 0.4) is 0 Å². The highest BCUT2D eigenvalue weighted by Gasteiger charge is 2.12. The normalized spacial score (nSPS) is 11.0. The van der Waals surface area contributed by atoms with Crippen LogP contribution in [0.4, 0.5) is 0 Å². The van der Waals surface area contributed by atoms with Crippen molar-refractivity contribution >= 4 is 17.0 Å². The third kappa shape index (κ3) is 2.68. The van der Waals surface area contributed by atoms with Crippen molar-refractivity contribution in [3.8, 4) is 17.1 Å². The van der Waals surface area contributed by atoms with E-state index in [2.05, 4.69) is 9.97 Å². The smallest absolute Gasteiger partial charge is 0.222 e. The molecule has 0 unspecified atom stereocenters. The number of aromatic nitrogens is 4. The van der Waals surface area contributed by atoms with Gasteiger partial charge in [0.2, 0.25) is 5.88 Å². The summed E-state index contributed by atoms with van der Waals surface area (Å²) in [7, 11) is 1.62. The standard InChI is InChI=1S/C17H14N4OS/c1-22-17-13(5-4-7-18-17)14-11-23-16(20-14)9-12-10-21-8-3-2-6-15(21)19-12/h2-8,10-11H,9H2,1H3. The number of methoxy groups -OCH3 is 1. The second-order valence-electron chi connectivity index (χ2n) is 5.06. The van der Waals surface area contributed by atoms with E-state index in [1.807, 2.05) is 52.5 Å². The SMILES string of the molecule is COc1ncccc1-c1csc(Cc2cn3ccccc3n2)n1. The van der Waals surface area contributed by atoms with Crippen molar-refractivity contribution in [1.82, 2.24) is 19.4 Å². The lowest BCUT2D eigenvalue weighted by molar-refractivity contribution is 0.399. The molecule has 0 amide bonds. The van der Waals surface area contributed by atoms with E-state index in [-0.39, 0.29) is 0 Å². The maximum absolute atomic E-state index is 5.31. The van der Waals surface area contributed by atoms with Crippen molar-refractivity contribution < 1.29 is 4.74 Å². The van der Waals surface area contributed by atoms with Gasteiger partial charge in [-0.2, -0.15) is 0 Å². The van der Waals surface area contributed by atoms with Crippen LogP contribution >= 0.6 is 11.3 Å². The van der Waals surface area contributed by atoms with E-state index in [0.717, 1.165) is 34.0 Å². The number of fused-ring (bicyclic) bond motifs is 1. The lowest BCUT2D eigenvalue weighted by atomic mass is 10.2. The van der Waals surface area contributed by atoms with Crippen LogP contribution in [0.25, 0.3) is 16.9 Å². The molecule has 0 bridgehead atoms. The molecule has 5 nitrogen and oxygen atoms in total. The lowest BCUT2D eigenvalue weighted by Gasteiger charge is -2.03. The number of ether oxygens (including phenoxy) is 1. The van der Waals surface area contributed by atoms with Gasteiger partial charge in [0.25, 0.3) is 0 Å². The number of imidazole rings is 1. The quantitative estimate of drug-likeness (QED) is 0.577. The summed E-state index contributed by atoms with van der Waals surface area (Å²) in [5.74, 6) is 0.595. The largest absolute Gasteiger partial charge is 0.481 e. The predicted octanol–water partition coefficient (Wildman–Crippen LogP) is 3.45. The third-order valence-electron chi connectivity index (χ3n) is 3.54.